The van der Waals surface area contributed by atoms with Crippen LogP contribution in [0.4, 0.5) is 0 Å². The summed E-state index contributed by atoms with van der Waals surface area (Å²) < 4.78 is 8.14. The summed E-state index contributed by atoms with van der Waals surface area (Å²) in [5, 5.41) is 19.8. The number of methoxy groups -OCH3 is 1. The molecular formula is C18H17BrN4O3S. The minimum absolute atomic E-state index is 0.266. The van der Waals surface area contributed by atoms with E-state index in [0.717, 1.165) is 15.7 Å². The zero-order valence-corrected chi connectivity index (χ0v) is 17.1. The number of thioether (sulfide) groups is 1. The number of nitro groups is 1. The molecule has 0 saturated heterocycles. The van der Waals surface area contributed by atoms with Gasteiger partial charge in [-0.05, 0) is 37.3 Å². The van der Waals surface area contributed by atoms with Crippen LogP contribution in [-0.2, 0) is 0 Å². The van der Waals surface area contributed by atoms with Crippen molar-refractivity contribution in [3.8, 4) is 11.4 Å². The minimum Gasteiger partial charge on any atom is -0.496 e. The second-order valence-corrected chi connectivity index (χ2v) is 7.79. The fourth-order valence-corrected chi connectivity index (χ4v) is 4.28. The van der Waals surface area contributed by atoms with Crippen molar-refractivity contribution < 1.29 is 9.66 Å². The first-order chi connectivity index (χ1) is 13.0. The lowest BCUT2D eigenvalue weighted by Crippen LogP contribution is -2.12. The first kappa shape index (κ1) is 19.4. The smallest absolute Gasteiger partial charge is 0.220 e. The van der Waals surface area contributed by atoms with Gasteiger partial charge in [-0.3, -0.25) is 14.7 Å². The maximum absolute atomic E-state index is 11.3. The Kier molecular flexibility index (Phi) is 6.12. The fraction of sp³-hybridized carbons (Fsp3) is 0.222. The van der Waals surface area contributed by atoms with Gasteiger partial charge in [-0.2, -0.15) is 0 Å². The molecule has 27 heavy (non-hydrogen) atoms. The van der Waals surface area contributed by atoms with Crippen LogP contribution >= 0.6 is 27.7 Å². The van der Waals surface area contributed by atoms with Crippen LogP contribution in [0.15, 0.2) is 58.2 Å². The Morgan fingerprint density at radius 2 is 2.00 bits per heavy atom. The predicted octanol–water partition coefficient (Wildman–Crippen LogP) is 4.46. The summed E-state index contributed by atoms with van der Waals surface area (Å²) in [7, 11) is 1.55. The lowest BCUT2D eigenvalue weighted by atomic mass is 10.1. The summed E-state index contributed by atoms with van der Waals surface area (Å²) in [5.74, 6) is 1.31. The third-order valence-corrected chi connectivity index (χ3v) is 5.57. The van der Waals surface area contributed by atoms with Crippen LogP contribution in [0.25, 0.3) is 5.69 Å². The molecule has 0 aliphatic carbocycles. The molecule has 3 rings (SSSR count). The van der Waals surface area contributed by atoms with Crippen LogP contribution in [0.1, 0.15) is 16.6 Å². The topological polar surface area (TPSA) is 83.1 Å². The van der Waals surface area contributed by atoms with Crippen LogP contribution in [-0.4, -0.2) is 33.3 Å². The number of hydrogen-bond acceptors (Lipinski definition) is 6. The molecule has 3 aromatic rings. The zero-order valence-electron chi connectivity index (χ0n) is 14.7. The monoisotopic (exact) mass is 448 g/mol. The second-order valence-electron chi connectivity index (χ2n) is 5.71. The third-order valence-electron chi connectivity index (χ3n) is 3.91. The molecular weight excluding hydrogens is 432 g/mol. The molecule has 0 N–H and O–H groups in total. The van der Waals surface area contributed by atoms with Crippen molar-refractivity contribution >= 4 is 27.7 Å². The SMILES string of the molecule is COc1ccc(Br)cc1[C@H](C[N+](=O)[O-])Sc1nnc(C)n1-c1ccccc1. The van der Waals surface area contributed by atoms with E-state index in [4.69, 9.17) is 4.74 Å². The molecule has 0 spiro atoms. The van der Waals surface area contributed by atoms with Crippen molar-refractivity contribution in [2.75, 3.05) is 13.7 Å². The molecule has 140 valence electrons. The average molecular weight is 449 g/mol. The lowest BCUT2D eigenvalue weighted by Gasteiger charge is -2.17. The molecule has 1 heterocycles. The van der Waals surface area contributed by atoms with Crippen LogP contribution in [0.2, 0.25) is 0 Å². The highest BCUT2D eigenvalue weighted by Crippen LogP contribution is 2.40. The summed E-state index contributed by atoms with van der Waals surface area (Å²) in [4.78, 5) is 11.0. The van der Waals surface area contributed by atoms with Gasteiger partial charge in [-0.15, -0.1) is 10.2 Å². The Morgan fingerprint density at radius 1 is 1.26 bits per heavy atom. The largest absolute Gasteiger partial charge is 0.496 e. The van der Waals surface area contributed by atoms with E-state index in [2.05, 4.69) is 26.1 Å². The summed E-state index contributed by atoms with van der Waals surface area (Å²) in [6.45, 7) is 1.59. The first-order valence-electron chi connectivity index (χ1n) is 8.09. The van der Waals surface area contributed by atoms with Crippen molar-refractivity contribution in [3.05, 3.63) is 74.5 Å². The van der Waals surface area contributed by atoms with Gasteiger partial charge < -0.3 is 4.74 Å². The van der Waals surface area contributed by atoms with Gasteiger partial charge >= 0.3 is 0 Å². The Hall–Kier alpha value is -2.39. The van der Waals surface area contributed by atoms with Gasteiger partial charge in [0.1, 0.15) is 16.8 Å². The molecule has 0 radical (unpaired) electrons. The zero-order chi connectivity index (χ0) is 19.4. The Balaban J connectivity index is 2.03. The predicted molar refractivity (Wildman–Crippen MR) is 107 cm³/mol. The van der Waals surface area contributed by atoms with Crippen molar-refractivity contribution in [1.29, 1.82) is 0 Å². The third kappa shape index (κ3) is 4.48. The van der Waals surface area contributed by atoms with Crippen molar-refractivity contribution in [3.63, 3.8) is 0 Å². The van der Waals surface area contributed by atoms with Gasteiger partial charge in [-0.1, -0.05) is 45.9 Å². The molecule has 1 aromatic heterocycles. The number of aromatic nitrogens is 3. The maximum Gasteiger partial charge on any atom is 0.220 e. The fourth-order valence-electron chi connectivity index (χ4n) is 2.71. The highest BCUT2D eigenvalue weighted by molar-refractivity contribution is 9.10. The molecule has 0 bridgehead atoms. The van der Waals surface area contributed by atoms with E-state index < -0.39 is 5.25 Å². The Labute approximate surface area is 169 Å². The maximum atomic E-state index is 11.3. The molecule has 2 aromatic carbocycles. The van der Waals surface area contributed by atoms with Crippen LogP contribution in [0, 0.1) is 17.0 Å². The number of halogens is 1. The van der Waals surface area contributed by atoms with Crippen molar-refractivity contribution in [1.82, 2.24) is 14.8 Å². The van der Waals surface area contributed by atoms with Gasteiger partial charge in [0.05, 0.1) is 7.11 Å². The van der Waals surface area contributed by atoms with Crippen LogP contribution in [0.3, 0.4) is 0 Å². The highest BCUT2D eigenvalue weighted by atomic mass is 79.9. The molecule has 0 saturated carbocycles. The summed E-state index contributed by atoms with van der Waals surface area (Å²) in [6, 6.07) is 15.1. The first-order valence-corrected chi connectivity index (χ1v) is 9.76. The average Bonchev–Trinajstić information content (AvgIpc) is 3.01. The molecule has 0 aliphatic heterocycles. The van der Waals surface area contributed by atoms with E-state index in [9.17, 15) is 10.1 Å². The summed E-state index contributed by atoms with van der Waals surface area (Å²) in [5.41, 5.74) is 1.64. The van der Waals surface area contributed by atoms with Gasteiger partial charge in [0, 0.05) is 20.6 Å². The van der Waals surface area contributed by atoms with E-state index in [-0.39, 0.29) is 11.5 Å². The van der Waals surface area contributed by atoms with E-state index >= 15 is 0 Å². The lowest BCUT2D eigenvalue weighted by molar-refractivity contribution is -0.479. The van der Waals surface area contributed by atoms with E-state index in [1.165, 1.54) is 11.8 Å². The Morgan fingerprint density at radius 3 is 2.67 bits per heavy atom. The number of rotatable bonds is 7. The van der Waals surface area contributed by atoms with Crippen LogP contribution in [0.5, 0.6) is 5.75 Å². The molecule has 0 amide bonds. The number of benzene rings is 2. The standard InChI is InChI=1S/C18H17BrN4O3S/c1-12-20-21-18(23(12)14-6-4-3-5-7-14)27-17(11-22(24)25)15-10-13(19)8-9-16(15)26-2/h3-10,17H,11H2,1-2H3/t17-/m0/s1. The van der Waals surface area contributed by atoms with Gasteiger partial charge in [0.25, 0.3) is 0 Å². The molecule has 0 unspecified atom stereocenters. The van der Waals surface area contributed by atoms with Gasteiger partial charge in [0.2, 0.25) is 6.54 Å². The number of ether oxygens (including phenoxy) is 1. The Bertz CT molecular complexity index is 949. The molecule has 9 heteroatoms. The van der Waals surface area contributed by atoms with Crippen LogP contribution < -0.4 is 4.74 Å². The van der Waals surface area contributed by atoms with Crippen molar-refractivity contribution in [2.24, 2.45) is 0 Å². The normalized spacial score (nSPS) is 12.0. The van der Waals surface area contributed by atoms with E-state index in [0.29, 0.717) is 16.7 Å². The molecule has 0 fully saturated rings. The minimum atomic E-state index is -0.487. The summed E-state index contributed by atoms with van der Waals surface area (Å²) in [6.07, 6.45) is 0. The number of aryl methyl sites for hydroxylation is 1. The number of nitrogens with zero attached hydrogens (tertiary/aromatic N) is 4. The van der Waals surface area contributed by atoms with E-state index in [1.54, 1.807) is 13.2 Å². The number of hydrogen-bond donors (Lipinski definition) is 0. The molecule has 7 nitrogen and oxygen atoms in total. The molecule has 0 aliphatic rings. The van der Waals surface area contributed by atoms with Gasteiger partial charge in [-0.25, -0.2) is 0 Å². The quantitative estimate of drug-likeness (QED) is 0.301. The van der Waals surface area contributed by atoms with E-state index in [1.807, 2.05) is 54.0 Å². The highest BCUT2D eigenvalue weighted by Gasteiger charge is 2.26. The van der Waals surface area contributed by atoms with Gasteiger partial charge in [0.15, 0.2) is 5.16 Å². The second kappa shape index (κ2) is 8.53. The summed E-state index contributed by atoms with van der Waals surface area (Å²) >= 11 is 4.73. The molecule has 1 atom stereocenters. The number of para-hydroxylation sites is 1. The van der Waals surface area contributed by atoms with Crippen molar-refractivity contribution in [2.45, 2.75) is 17.3 Å².